The van der Waals surface area contributed by atoms with E-state index in [0.717, 1.165) is 17.3 Å². The number of aliphatic carboxylic acids is 1. The second-order valence-corrected chi connectivity index (χ2v) is 7.55. The maximum absolute atomic E-state index is 12.8. The normalized spacial score (nSPS) is 28.7. The van der Waals surface area contributed by atoms with Crippen molar-refractivity contribution in [2.45, 2.75) is 26.7 Å². The van der Waals surface area contributed by atoms with Gasteiger partial charge in [0.15, 0.2) is 0 Å². The highest BCUT2D eigenvalue weighted by Crippen LogP contribution is 2.57. The zero-order chi connectivity index (χ0) is 16.7. The summed E-state index contributed by atoms with van der Waals surface area (Å²) < 4.78 is 0.878. The highest BCUT2D eigenvalue weighted by molar-refractivity contribution is 9.10. The van der Waals surface area contributed by atoms with E-state index in [9.17, 15) is 14.7 Å². The van der Waals surface area contributed by atoms with Gasteiger partial charge in [0.05, 0.1) is 11.8 Å². The summed E-state index contributed by atoms with van der Waals surface area (Å²) in [7, 11) is 0. The van der Waals surface area contributed by atoms with Crippen LogP contribution in [-0.2, 0) is 9.59 Å². The molecule has 23 heavy (non-hydrogen) atoms. The van der Waals surface area contributed by atoms with E-state index < -0.39 is 17.8 Å². The minimum absolute atomic E-state index is 0.0146. The Kier molecular flexibility index (Phi) is 4.32. The number of hydrogen-bond donors (Lipinski definition) is 2. The van der Waals surface area contributed by atoms with Gasteiger partial charge in [0.25, 0.3) is 0 Å². The Balaban J connectivity index is 1.90. The fourth-order valence-corrected chi connectivity index (χ4v) is 4.80. The summed E-state index contributed by atoms with van der Waals surface area (Å²) >= 11 is 3.38. The van der Waals surface area contributed by atoms with Crippen molar-refractivity contribution >= 4 is 33.5 Å². The summed E-state index contributed by atoms with van der Waals surface area (Å²) in [6, 6.07) is 7.36. The maximum Gasteiger partial charge on any atom is 0.307 e. The molecule has 2 fully saturated rings. The van der Waals surface area contributed by atoms with Crippen LogP contribution in [0.2, 0.25) is 0 Å². The van der Waals surface area contributed by atoms with Crippen LogP contribution in [-0.4, -0.2) is 17.0 Å². The first-order chi connectivity index (χ1) is 10.9. The molecule has 122 valence electrons. The van der Waals surface area contributed by atoms with E-state index >= 15 is 0 Å². The number of amides is 1. The lowest BCUT2D eigenvalue weighted by Gasteiger charge is -2.26. The number of carbonyl (C=O) groups is 2. The molecule has 4 nitrogen and oxygen atoms in total. The van der Waals surface area contributed by atoms with Gasteiger partial charge in [0, 0.05) is 10.2 Å². The highest BCUT2D eigenvalue weighted by atomic mass is 79.9. The minimum Gasteiger partial charge on any atom is -0.481 e. The van der Waals surface area contributed by atoms with Crippen molar-refractivity contribution in [3.8, 4) is 0 Å². The monoisotopic (exact) mass is 377 g/mol. The molecule has 0 heterocycles. The molecule has 1 aromatic carbocycles. The van der Waals surface area contributed by atoms with Gasteiger partial charge in [-0.05, 0) is 56.7 Å². The van der Waals surface area contributed by atoms with Crippen LogP contribution in [0.4, 0.5) is 5.69 Å². The van der Waals surface area contributed by atoms with Crippen LogP contribution in [0.5, 0.6) is 0 Å². The fraction of sp³-hybridized carbons (Fsp3) is 0.444. The number of nitrogens with one attached hydrogen (secondary N) is 1. The van der Waals surface area contributed by atoms with Crippen LogP contribution in [0.3, 0.4) is 0 Å². The second kappa shape index (κ2) is 6.11. The molecule has 2 aliphatic carbocycles. The number of hydrogen-bond acceptors (Lipinski definition) is 2. The largest absolute Gasteiger partial charge is 0.481 e. The van der Waals surface area contributed by atoms with E-state index in [-0.39, 0.29) is 17.7 Å². The molecule has 2 saturated carbocycles. The van der Waals surface area contributed by atoms with E-state index in [1.165, 1.54) is 11.1 Å². The van der Waals surface area contributed by atoms with Gasteiger partial charge in [0.1, 0.15) is 0 Å². The molecule has 0 aliphatic heterocycles. The first-order valence-electron chi connectivity index (χ1n) is 7.86. The number of carboxylic acids is 1. The molecule has 1 amide bonds. The lowest BCUT2D eigenvalue weighted by Crippen LogP contribution is -2.37. The summed E-state index contributed by atoms with van der Waals surface area (Å²) in [5.41, 5.74) is 3.06. The van der Waals surface area contributed by atoms with Crippen molar-refractivity contribution in [3.63, 3.8) is 0 Å². The molecule has 0 saturated heterocycles. The summed E-state index contributed by atoms with van der Waals surface area (Å²) in [4.78, 5) is 24.6. The molecule has 5 heteroatoms. The van der Waals surface area contributed by atoms with Gasteiger partial charge in [-0.15, -0.1) is 0 Å². The minimum atomic E-state index is -0.856. The first-order valence-corrected chi connectivity index (χ1v) is 8.66. The Morgan fingerprint density at radius 3 is 2.39 bits per heavy atom. The Bertz CT molecular complexity index is 693. The van der Waals surface area contributed by atoms with E-state index in [0.29, 0.717) is 5.69 Å². The summed E-state index contributed by atoms with van der Waals surface area (Å²) in [6.45, 7) is 4.04. The maximum atomic E-state index is 12.8. The standard InChI is InChI=1S/C18H20BrNO3/c1-9(2)14-12-6-7-13(14)16(18(22)23)15(12)17(21)20-11-5-3-4-10(19)8-11/h3-5,8,12-13,15-16H,6-7H2,1-2H3,(H,20,21)(H,22,23)/t12-,13-,15-,16-/m1/s1. The topological polar surface area (TPSA) is 66.4 Å². The third-order valence-electron chi connectivity index (χ3n) is 5.10. The van der Waals surface area contributed by atoms with Crippen molar-refractivity contribution in [2.24, 2.45) is 23.7 Å². The molecule has 0 radical (unpaired) electrons. The predicted molar refractivity (Wildman–Crippen MR) is 92.0 cm³/mol. The SMILES string of the molecule is CC(C)=C1[C@H]2CC[C@H]1[C@@H](C(=O)Nc1cccc(Br)c1)[C@@H]2C(=O)O. The number of carbonyl (C=O) groups excluding carboxylic acids is 1. The molecule has 4 atom stereocenters. The molecular formula is C18H20BrNO3. The smallest absolute Gasteiger partial charge is 0.307 e. The van der Waals surface area contributed by atoms with E-state index in [4.69, 9.17) is 0 Å². The molecule has 0 spiro atoms. The second-order valence-electron chi connectivity index (χ2n) is 6.64. The van der Waals surface area contributed by atoms with E-state index in [2.05, 4.69) is 21.2 Å². The lowest BCUT2D eigenvalue weighted by atomic mass is 9.78. The fourth-order valence-electron chi connectivity index (χ4n) is 4.40. The van der Waals surface area contributed by atoms with Crippen LogP contribution in [0.25, 0.3) is 0 Å². The number of anilines is 1. The number of halogens is 1. The Morgan fingerprint density at radius 2 is 1.83 bits per heavy atom. The molecule has 2 aliphatic rings. The highest BCUT2D eigenvalue weighted by Gasteiger charge is 2.57. The van der Waals surface area contributed by atoms with Crippen molar-refractivity contribution in [3.05, 3.63) is 39.9 Å². The number of rotatable bonds is 3. The van der Waals surface area contributed by atoms with Gasteiger partial charge in [-0.2, -0.15) is 0 Å². The van der Waals surface area contributed by atoms with E-state index in [1.807, 2.05) is 38.1 Å². The molecule has 2 N–H and O–H groups in total. The summed E-state index contributed by atoms with van der Waals surface area (Å²) in [5, 5.41) is 12.6. The van der Waals surface area contributed by atoms with Crippen LogP contribution >= 0.6 is 15.9 Å². The summed E-state index contributed by atoms with van der Waals surface area (Å²) in [6.07, 6.45) is 1.79. The van der Waals surface area contributed by atoms with Gasteiger partial charge in [-0.25, -0.2) is 0 Å². The third kappa shape index (κ3) is 2.82. The molecular weight excluding hydrogens is 358 g/mol. The van der Waals surface area contributed by atoms with Crippen molar-refractivity contribution in [2.75, 3.05) is 5.32 Å². The van der Waals surface area contributed by atoms with Crippen LogP contribution in [0.15, 0.2) is 39.9 Å². The Morgan fingerprint density at radius 1 is 1.17 bits per heavy atom. The molecule has 2 bridgehead atoms. The summed E-state index contributed by atoms with van der Waals surface area (Å²) in [5.74, 6) is -2.04. The number of allylic oxidation sites excluding steroid dienone is 2. The Hall–Kier alpha value is -1.62. The zero-order valence-electron chi connectivity index (χ0n) is 13.2. The zero-order valence-corrected chi connectivity index (χ0v) is 14.8. The molecule has 0 aromatic heterocycles. The third-order valence-corrected chi connectivity index (χ3v) is 5.59. The predicted octanol–water partition coefficient (Wildman–Crippen LogP) is 4.08. The van der Waals surface area contributed by atoms with Crippen LogP contribution in [0.1, 0.15) is 26.7 Å². The van der Waals surface area contributed by atoms with E-state index in [1.54, 1.807) is 0 Å². The lowest BCUT2D eigenvalue weighted by molar-refractivity contribution is -0.148. The van der Waals surface area contributed by atoms with Crippen LogP contribution in [0, 0.1) is 23.7 Å². The quantitative estimate of drug-likeness (QED) is 0.779. The van der Waals surface area contributed by atoms with Gasteiger partial charge >= 0.3 is 5.97 Å². The first kappa shape index (κ1) is 16.2. The number of fused-ring (bicyclic) bond motifs is 2. The van der Waals surface area contributed by atoms with Gasteiger partial charge in [-0.1, -0.05) is 33.1 Å². The van der Waals surface area contributed by atoms with Crippen molar-refractivity contribution in [1.82, 2.24) is 0 Å². The Labute approximate surface area is 144 Å². The number of benzene rings is 1. The van der Waals surface area contributed by atoms with Crippen LogP contribution < -0.4 is 5.32 Å². The average molecular weight is 378 g/mol. The van der Waals surface area contributed by atoms with Gasteiger partial charge in [0.2, 0.25) is 5.91 Å². The molecule has 3 rings (SSSR count). The van der Waals surface area contributed by atoms with Crippen molar-refractivity contribution < 1.29 is 14.7 Å². The van der Waals surface area contributed by atoms with Gasteiger partial charge < -0.3 is 10.4 Å². The average Bonchev–Trinajstić information content (AvgIpc) is 3.02. The van der Waals surface area contributed by atoms with Crippen molar-refractivity contribution in [1.29, 1.82) is 0 Å². The molecule has 0 unspecified atom stereocenters. The number of carboxylic acid groups (broad SMARTS) is 1. The molecule has 1 aromatic rings. The van der Waals surface area contributed by atoms with Gasteiger partial charge in [-0.3, -0.25) is 9.59 Å².